The molecule has 134 valence electrons. The maximum Gasteiger partial charge on any atom is 0.274 e. The predicted molar refractivity (Wildman–Crippen MR) is 100 cm³/mol. The molecule has 0 radical (unpaired) electrons. The number of aliphatic hydroxyl groups excluding tert-OH is 1. The first-order valence-corrected chi connectivity index (χ1v) is 9.40. The molecule has 0 unspecified atom stereocenters. The summed E-state index contributed by atoms with van der Waals surface area (Å²) in [5, 5.41) is 14.9. The largest absolute Gasteiger partial charge is 0.391 e. The summed E-state index contributed by atoms with van der Waals surface area (Å²) in [5.74, 6) is 0.238. The number of anilines is 1. The number of aromatic nitrogens is 3. The van der Waals surface area contributed by atoms with E-state index >= 15 is 0 Å². The molecule has 1 aliphatic heterocycles. The molecule has 2 atom stereocenters. The van der Waals surface area contributed by atoms with E-state index < -0.39 is 6.10 Å². The van der Waals surface area contributed by atoms with Crippen molar-refractivity contribution in [1.82, 2.24) is 19.9 Å². The van der Waals surface area contributed by atoms with E-state index in [-0.39, 0.29) is 11.9 Å². The molecule has 0 aliphatic carbocycles. The van der Waals surface area contributed by atoms with Gasteiger partial charge in [0, 0.05) is 19.3 Å². The van der Waals surface area contributed by atoms with Crippen LogP contribution >= 0.6 is 11.3 Å². The number of aliphatic hydroxyl groups is 1. The van der Waals surface area contributed by atoms with Crippen LogP contribution in [0, 0.1) is 0 Å². The molecule has 4 heterocycles. The van der Waals surface area contributed by atoms with Crippen molar-refractivity contribution in [2.75, 3.05) is 18.4 Å². The standard InChI is InChI=1S/C18H19N5O2S/c1-11(13-4-2-3-7-19-13)20-18-21-14-6-9-26-16(14)15(22-18)17(25)23-8-5-12(24)10-23/h2-4,6-7,9,11-12,24H,5,8,10H2,1H3,(H,20,21,22)/t11-,12-/m0/s1. The molecule has 1 amide bonds. The molecule has 8 heteroatoms. The van der Waals surface area contributed by atoms with E-state index in [0.29, 0.717) is 31.2 Å². The summed E-state index contributed by atoms with van der Waals surface area (Å²) < 4.78 is 0.771. The van der Waals surface area contributed by atoms with Gasteiger partial charge in [0.05, 0.1) is 28.1 Å². The van der Waals surface area contributed by atoms with E-state index in [1.165, 1.54) is 11.3 Å². The summed E-state index contributed by atoms with van der Waals surface area (Å²) in [4.78, 5) is 27.9. The van der Waals surface area contributed by atoms with Gasteiger partial charge in [-0.3, -0.25) is 9.78 Å². The number of rotatable bonds is 4. The number of β-amino-alcohol motifs (C(OH)–C–C–N with tert-alkyl or cyclic N) is 1. The number of nitrogens with zero attached hydrogens (tertiary/aromatic N) is 4. The highest BCUT2D eigenvalue weighted by atomic mass is 32.1. The van der Waals surface area contributed by atoms with E-state index in [2.05, 4.69) is 20.3 Å². The summed E-state index contributed by atoms with van der Waals surface area (Å²) >= 11 is 1.45. The smallest absolute Gasteiger partial charge is 0.274 e. The number of pyridine rings is 1. The quantitative estimate of drug-likeness (QED) is 0.734. The molecule has 1 aliphatic rings. The van der Waals surface area contributed by atoms with Crippen LogP contribution in [0.15, 0.2) is 35.8 Å². The number of carbonyl (C=O) groups excluding carboxylic acids is 1. The summed E-state index contributed by atoms with van der Waals surface area (Å²) in [7, 11) is 0. The summed E-state index contributed by atoms with van der Waals surface area (Å²) in [6.45, 7) is 2.87. The molecule has 7 nitrogen and oxygen atoms in total. The lowest BCUT2D eigenvalue weighted by molar-refractivity contribution is 0.0761. The Kier molecular flexibility index (Phi) is 4.52. The average Bonchev–Trinajstić information content (AvgIpc) is 3.30. The summed E-state index contributed by atoms with van der Waals surface area (Å²) in [6, 6.07) is 7.51. The average molecular weight is 369 g/mol. The molecule has 1 fully saturated rings. The van der Waals surface area contributed by atoms with Gasteiger partial charge >= 0.3 is 0 Å². The Hall–Kier alpha value is -2.58. The zero-order valence-corrected chi connectivity index (χ0v) is 15.1. The summed E-state index contributed by atoms with van der Waals surface area (Å²) in [6.07, 6.45) is 1.89. The number of fused-ring (bicyclic) bond motifs is 1. The first-order chi connectivity index (χ1) is 12.6. The fourth-order valence-corrected chi connectivity index (χ4v) is 3.86. The SMILES string of the molecule is C[C@H](Nc1nc(C(=O)N2CC[C@H](O)C2)c2sccc2n1)c1ccccn1. The lowest BCUT2D eigenvalue weighted by Crippen LogP contribution is -2.30. The van der Waals surface area contributed by atoms with E-state index in [0.717, 1.165) is 15.9 Å². The Labute approximate surface area is 154 Å². The Balaban J connectivity index is 1.65. The molecule has 3 aromatic rings. The highest BCUT2D eigenvalue weighted by Crippen LogP contribution is 2.27. The number of carbonyl (C=O) groups is 1. The van der Waals surface area contributed by atoms with Crippen molar-refractivity contribution in [3.8, 4) is 0 Å². The maximum absolute atomic E-state index is 12.9. The minimum atomic E-state index is -0.457. The fourth-order valence-electron chi connectivity index (χ4n) is 3.05. The van der Waals surface area contributed by atoms with Gasteiger partial charge in [-0.1, -0.05) is 6.07 Å². The van der Waals surface area contributed by atoms with E-state index in [9.17, 15) is 9.90 Å². The van der Waals surface area contributed by atoms with Gasteiger partial charge in [0.25, 0.3) is 5.91 Å². The fraction of sp³-hybridized carbons (Fsp3) is 0.333. The maximum atomic E-state index is 12.9. The normalized spacial score (nSPS) is 18.2. The Morgan fingerprint density at radius 3 is 3.00 bits per heavy atom. The molecule has 0 bridgehead atoms. The topological polar surface area (TPSA) is 91.2 Å². The van der Waals surface area contributed by atoms with Gasteiger partial charge in [-0.15, -0.1) is 11.3 Å². The second-order valence-corrected chi connectivity index (χ2v) is 7.26. The van der Waals surface area contributed by atoms with Gasteiger partial charge in [-0.05, 0) is 36.9 Å². The number of hydrogen-bond donors (Lipinski definition) is 2. The van der Waals surface area contributed by atoms with Crippen molar-refractivity contribution in [3.63, 3.8) is 0 Å². The number of amides is 1. The third-order valence-corrected chi connectivity index (χ3v) is 5.34. The molecule has 0 saturated carbocycles. The van der Waals surface area contributed by atoms with E-state index in [1.54, 1.807) is 11.1 Å². The predicted octanol–water partition coefficient (Wildman–Crippen LogP) is 2.47. The monoisotopic (exact) mass is 369 g/mol. The van der Waals surface area contributed by atoms with Gasteiger partial charge in [0.1, 0.15) is 0 Å². The lowest BCUT2D eigenvalue weighted by atomic mass is 10.2. The molecule has 4 rings (SSSR count). The number of nitrogens with one attached hydrogen (secondary N) is 1. The van der Waals surface area contributed by atoms with E-state index in [4.69, 9.17) is 0 Å². The zero-order chi connectivity index (χ0) is 18.1. The zero-order valence-electron chi connectivity index (χ0n) is 14.3. The first-order valence-electron chi connectivity index (χ1n) is 8.52. The van der Waals surface area contributed by atoms with Crippen molar-refractivity contribution in [3.05, 3.63) is 47.2 Å². The van der Waals surface area contributed by atoms with Crippen LogP contribution in [0.2, 0.25) is 0 Å². The molecule has 1 saturated heterocycles. The number of thiophene rings is 1. The van der Waals surface area contributed by atoms with Crippen LogP contribution in [0.1, 0.15) is 35.6 Å². The Morgan fingerprint density at radius 1 is 1.38 bits per heavy atom. The van der Waals surface area contributed by atoms with Crippen LogP contribution in [0.4, 0.5) is 5.95 Å². The molecule has 26 heavy (non-hydrogen) atoms. The highest BCUT2D eigenvalue weighted by molar-refractivity contribution is 7.17. The minimum absolute atomic E-state index is 0.0937. The van der Waals surface area contributed by atoms with Gasteiger partial charge in [-0.25, -0.2) is 9.97 Å². The molecule has 3 aromatic heterocycles. The van der Waals surface area contributed by atoms with Crippen molar-refractivity contribution >= 4 is 33.4 Å². The first kappa shape index (κ1) is 16.9. The van der Waals surface area contributed by atoms with Crippen LogP contribution in [-0.2, 0) is 0 Å². The molecule has 2 N–H and O–H groups in total. The van der Waals surface area contributed by atoms with Crippen molar-refractivity contribution in [1.29, 1.82) is 0 Å². The summed E-state index contributed by atoms with van der Waals surface area (Å²) in [5.41, 5.74) is 2.00. The third-order valence-electron chi connectivity index (χ3n) is 4.43. The van der Waals surface area contributed by atoms with Crippen molar-refractivity contribution < 1.29 is 9.90 Å². The van der Waals surface area contributed by atoms with Crippen molar-refractivity contribution in [2.24, 2.45) is 0 Å². The van der Waals surface area contributed by atoms with Crippen LogP contribution in [0.3, 0.4) is 0 Å². The Bertz CT molecular complexity index is 930. The van der Waals surface area contributed by atoms with Crippen LogP contribution in [-0.4, -0.2) is 50.1 Å². The molecular formula is C18H19N5O2S. The van der Waals surface area contributed by atoms with E-state index in [1.807, 2.05) is 36.6 Å². The minimum Gasteiger partial charge on any atom is -0.391 e. The second kappa shape index (κ2) is 6.97. The third kappa shape index (κ3) is 3.25. The Morgan fingerprint density at radius 2 is 2.27 bits per heavy atom. The number of likely N-dealkylation sites (tertiary alicyclic amines) is 1. The van der Waals surface area contributed by atoms with Crippen LogP contribution in [0.5, 0.6) is 0 Å². The van der Waals surface area contributed by atoms with Gasteiger partial charge in [-0.2, -0.15) is 0 Å². The molecular weight excluding hydrogens is 350 g/mol. The lowest BCUT2D eigenvalue weighted by Gasteiger charge is -2.17. The van der Waals surface area contributed by atoms with Gasteiger partial charge in [0.2, 0.25) is 5.95 Å². The van der Waals surface area contributed by atoms with Gasteiger partial charge in [0.15, 0.2) is 5.69 Å². The molecule has 0 spiro atoms. The second-order valence-electron chi connectivity index (χ2n) is 6.35. The van der Waals surface area contributed by atoms with Crippen molar-refractivity contribution in [2.45, 2.75) is 25.5 Å². The van der Waals surface area contributed by atoms with Gasteiger partial charge < -0.3 is 15.3 Å². The number of hydrogen-bond acceptors (Lipinski definition) is 7. The molecule has 0 aromatic carbocycles. The van der Waals surface area contributed by atoms with Crippen LogP contribution in [0.25, 0.3) is 10.2 Å². The highest BCUT2D eigenvalue weighted by Gasteiger charge is 2.28. The van der Waals surface area contributed by atoms with Crippen LogP contribution < -0.4 is 5.32 Å².